The van der Waals surface area contributed by atoms with Crippen LogP contribution in [-0.2, 0) is 0 Å². The Labute approximate surface area is 140 Å². The highest BCUT2D eigenvalue weighted by molar-refractivity contribution is 6.30. The molecule has 0 aliphatic heterocycles. The van der Waals surface area contributed by atoms with Crippen molar-refractivity contribution in [2.75, 3.05) is 13.1 Å². The first-order valence-corrected chi connectivity index (χ1v) is 7.88. The number of hydrogen-bond donors (Lipinski definition) is 3. The quantitative estimate of drug-likeness (QED) is 0.725. The molecule has 0 saturated carbocycles. The summed E-state index contributed by atoms with van der Waals surface area (Å²) in [5.74, 6) is 0. The summed E-state index contributed by atoms with van der Waals surface area (Å²) in [6.07, 6.45) is 3.65. The van der Waals surface area contributed by atoms with E-state index in [2.05, 4.69) is 15.7 Å². The van der Waals surface area contributed by atoms with Crippen LogP contribution in [0.4, 0.5) is 4.79 Å². The highest BCUT2D eigenvalue weighted by atomic mass is 35.5. The molecule has 0 fully saturated rings. The topological polar surface area (TPSA) is 79.2 Å². The van der Waals surface area contributed by atoms with Crippen molar-refractivity contribution in [2.45, 2.75) is 25.5 Å². The molecule has 0 bridgehead atoms. The molecule has 2 rings (SSSR count). The van der Waals surface area contributed by atoms with Gasteiger partial charge in [-0.2, -0.15) is 5.10 Å². The van der Waals surface area contributed by atoms with Crippen LogP contribution in [0.15, 0.2) is 42.7 Å². The van der Waals surface area contributed by atoms with E-state index in [1.807, 2.05) is 36.5 Å². The molecule has 2 amide bonds. The van der Waals surface area contributed by atoms with Crippen molar-refractivity contribution in [3.63, 3.8) is 0 Å². The van der Waals surface area contributed by atoms with Crippen LogP contribution in [0.25, 0.3) is 0 Å². The molecule has 1 aromatic carbocycles. The van der Waals surface area contributed by atoms with Crippen LogP contribution in [0, 0.1) is 0 Å². The van der Waals surface area contributed by atoms with Crippen LogP contribution >= 0.6 is 11.6 Å². The highest BCUT2D eigenvalue weighted by Gasteiger charge is 2.15. The van der Waals surface area contributed by atoms with Crippen molar-refractivity contribution in [2.24, 2.45) is 0 Å². The summed E-state index contributed by atoms with van der Waals surface area (Å²) in [7, 11) is 0. The fourth-order valence-corrected chi connectivity index (χ4v) is 2.29. The molecule has 0 saturated heterocycles. The van der Waals surface area contributed by atoms with Gasteiger partial charge in [0.25, 0.3) is 0 Å². The van der Waals surface area contributed by atoms with E-state index in [0.717, 1.165) is 5.56 Å². The summed E-state index contributed by atoms with van der Waals surface area (Å²) in [6.45, 7) is 2.51. The molecule has 23 heavy (non-hydrogen) atoms. The SMILES string of the molecule is CC(O)CCNC(=O)NCC(c1ccc(Cl)cc1)n1cccn1. The van der Waals surface area contributed by atoms with Gasteiger partial charge in [-0.3, -0.25) is 4.68 Å². The third kappa shape index (κ3) is 5.58. The molecule has 2 aromatic rings. The first-order chi connectivity index (χ1) is 11.1. The van der Waals surface area contributed by atoms with Crippen molar-refractivity contribution >= 4 is 17.6 Å². The van der Waals surface area contributed by atoms with Crippen LogP contribution in [0.5, 0.6) is 0 Å². The van der Waals surface area contributed by atoms with Crippen molar-refractivity contribution in [1.82, 2.24) is 20.4 Å². The summed E-state index contributed by atoms with van der Waals surface area (Å²) in [6, 6.07) is 8.92. The molecule has 1 aromatic heterocycles. The number of halogens is 1. The number of aliphatic hydroxyl groups excluding tert-OH is 1. The monoisotopic (exact) mass is 336 g/mol. The summed E-state index contributed by atoms with van der Waals surface area (Å²) < 4.78 is 1.79. The second kappa shape index (κ2) is 8.55. The normalized spacial score (nSPS) is 13.3. The van der Waals surface area contributed by atoms with Gasteiger partial charge in [-0.15, -0.1) is 0 Å². The molecular formula is C16H21ClN4O2. The number of rotatable bonds is 7. The number of benzene rings is 1. The largest absolute Gasteiger partial charge is 0.393 e. The number of carbonyl (C=O) groups is 1. The van der Waals surface area contributed by atoms with Crippen molar-refractivity contribution in [1.29, 1.82) is 0 Å². The maximum Gasteiger partial charge on any atom is 0.314 e. The zero-order valence-corrected chi connectivity index (χ0v) is 13.7. The number of nitrogens with zero attached hydrogens (tertiary/aromatic N) is 2. The minimum atomic E-state index is -0.429. The van der Waals surface area contributed by atoms with E-state index < -0.39 is 6.10 Å². The summed E-state index contributed by atoms with van der Waals surface area (Å²) in [5.41, 5.74) is 1.00. The molecule has 0 spiro atoms. The highest BCUT2D eigenvalue weighted by Crippen LogP contribution is 2.19. The third-order valence-electron chi connectivity index (χ3n) is 3.40. The lowest BCUT2D eigenvalue weighted by Crippen LogP contribution is -2.40. The Morgan fingerprint density at radius 1 is 1.35 bits per heavy atom. The fraction of sp³-hybridized carbons (Fsp3) is 0.375. The molecule has 1 heterocycles. The lowest BCUT2D eigenvalue weighted by Gasteiger charge is -2.19. The molecule has 2 unspecified atom stereocenters. The second-order valence-corrected chi connectivity index (χ2v) is 5.76. The van der Waals surface area contributed by atoms with E-state index in [-0.39, 0.29) is 12.1 Å². The first-order valence-electron chi connectivity index (χ1n) is 7.50. The van der Waals surface area contributed by atoms with Gasteiger partial charge >= 0.3 is 6.03 Å². The van der Waals surface area contributed by atoms with Gasteiger partial charge in [0.1, 0.15) is 0 Å². The van der Waals surface area contributed by atoms with Gasteiger partial charge in [-0.25, -0.2) is 4.79 Å². The number of amides is 2. The van der Waals surface area contributed by atoms with Crippen molar-refractivity contribution < 1.29 is 9.90 Å². The summed E-state index contributed by atoms with van der Waals surface area (Å²) in [4.78, 5) is 11.8. The average Bonchev–Trinajstić information content (AvgIpc) is 3.03. The van der Waals surface area contributed by atoms with E-state index >= 15 is 0 Å². The third-order valence-corrected chi connectivity index (χ3v) is 3.65. The lowest BCUT2D eigenvalue weighted by atomic mass is 10.1. The predicted molar refractivity (Wildman–Crippen MR) is 89.5 cm³/mol. The summed E-state index contributed by atoms with van der Waals surface area (Å²) >= 11 is 5.93. The van der Waals surface area contributed by atoms with E-state index in [9.17, 15) is 9.90 Å². The van der Waals surface area contributed by atoms with Gasteiger partial charge in [0.05, 0.1) is 12.1 Å². The van der Waals surface area contributed by atoms with E-state index in [1.54, 1.807) is 17.8 Å². The number of aromatic nitrogens is 2. The molecule has 0 aliphatic rings. The molecule has 124 valence electrons. The van der Waals surface area contributed by atoms with Gasteiger partial charge in [0.15, 0.2) is 0 Å². The van der Waals surface area contributed by atoms with E-state index in [4.69, 9.17) is 11.6 Å². The standard InChI is InChI=1S/C16H21ClN4O2/c1-12(22)7-9-18-16(23)19-11-15(21-10-2-8-20-21)13-3-5-14(17)6-4-13/h2-6,8,10,12,15,22H,7,9,11H2,1H3,(H2,18,19,23). The van der Waals surface area contributed by atoms with Crippen LogP contribution in [0.3, 0.4) is 0 Å². The average molecular weight is 337 g/mol. The Balaban J connectivity index is 1.96. The molecule has 2 atom stereocenters. The molecule has 0 aliphatic carbocycles. The van der Waals surface area contributed by atoms with Crippen LogP contribution < -0.4 is 10.6 Å². The van der Waals surface area contributed by atoms with Crippen molar-refractivity contribution in [3.8, 4) is 0 Å². The smallest absolute Gasteiger partial charge is 0.314 e. The van der Waals surface area contributed by atoms with Crippen LogP contribution in [0.1, 0.15) is 24.9 Å². The zero-order chi connectivity index (χ0) is 16.7. The Morgan fingerprint density at radius 3 is 2.70 bits per heavy atom. The Hall–Kier alpha value is -2.05. The maximum absolute atomic E-state index is 11.8. The lowest BCUT2D eigenvalue weighted by molar-refractivity contribution is 0.183. The molecule has 3 N–H and O–H groups in total. The zero-order valence-electron chi connectivity index (χ0n) is 12.9. The van der Waals surface area contributed by atoms with Gasteiger partial charge in [-0.05, 0) is 37.1 Å². The molecule has 0 radical (unpaired) electrons. The van der Waals surface area contributed by atoms with Gasteiger partial charge in [-0.1, -0.05) is 23.7 Å². The van der Waals surface area contributed by atoms with Crippen LogP contribution in [0.2, 0.25) is 5.02 Å². The minimum absolute atomic E-state index is 0.121. The Bertz CT molecular complexity index is 599. The Morgan fingerprint density at radius 2 is 2.09 bits per heavy atom. The maximum atomic E-state index is 11.8. The molecular weight excluding hydrogens is 316 g/mol. The number of nitrogens with one attached hydrogen (secondary N) is 2. The van der Waals surface area contributed by atoms with Crippen molar-refractivity contribution in [3.05, 3.63) is 53.3 Å². The van der Waals surface area contributed by atoms with E-state index in [0.29, 0.717) is 24.5 Å². The minimum Gasteiger partial charge on any atom is -0.393 e. The molecule has 6 nitrogen and oxygen atoms in total. The predicted octanol–water partition coefficient (Wildman–Crippen LogP) is 2.20. The van der Waals surface area contributed by atoms with Gasteiger partial charge in [0, 0.05) is 30.5 Å². The van der Waals surface area contributed by atoms with Gasteiger partial charge in [0.2, 0.25) is 0 Å². The Kier molecular flexibility index (Phi) is 6.43. The number of urea groups is 1. The van der Waals surface area contributed by atoms with Gasteiger partial charge < -0.3 is 15.7 Å². The summed E-state index contributed by atoms with van der Waals surface area (Å²) in [5, 5.41) is 19.7. The van der Waals surface area contributed by atoms with E-state index in [1.165, 1.54) is 0 Å². The second-order valence-electron chi connectivity index (χ2n) is 5.33. The fourth-order valence-electron chi connectivity index (χ4n) is 2.16. The number of carbonyl (C=O) groups excluding carboxylic acids is 1. The number of aliphatic hydroxyl groups is 1. The molecule has 7 heteroatoms. The van der Waals surface area contributed by atoms with Crippen LogP contribution in [-0.4, -0.2) is 40.1 Å². The first kappa shape index (κ1) is 17.3. The number of hydrogen-bond acceptors (Lipinski definition) is 3.